The molecule has 0 atom stereocenters. The normalized spacial score (nSPS) is 13.8. The van der Waals surface area contributed by atoms with Crippen molar-refractivity contribution in [3.05, 3.63) is 59.1 Å². The minimum absolute atomic E-state index is 0.0705. The molecule has 0 aromatic heterocycles. The number of hydrazone groups is 1. The molecular formula is C20H20ClN3O3. The highest BCUT2D eigenvalue weighted by molar-refractivity contribution is 6.30. The summed E-state index contributed by atoms with van der Waals surface area (Å²) in [7, 11) is 0. The second kappa shape index (κ2) is 8.68. The van der Waals surface area contributed by atoms with Crippen LogP contribution in [0.25, 0.3) is 0 Å². The van der Waals surface area contributed by atoms with Gasteiger partial charge in [0, 0.05) is 16.6 Å². The molecule has 0 spiro atoms. The summed E-state index contributed by atoms with van der Waals surface area (Å²) >= 11 is 5.79. The molecule has 1 aliphatic carbocycles. The fraction of sp³-hybridized carbons (Fsp3) is 0.250. The van der Waals surface area contributed by atoms with E-state index in [4.69, 9.17) is 16.3 Å². The topological polar surface area (TPSA) is 79.8 Å². The van der Waals surface area contributed by atoms with Crippen molar-refractivity contribution in [1.82, 2.24) is 5.43 Å². The molecule has 0 aliphatic heterocycles. The second-order valence-corrected chi connectivity index (χ2v) is 6.75. The zero-order valence-corrected chi connectivity index (χ0v) is 15.6. The van der Waals surface area contributed by atoms with Crippen LogP contribution in [0.4, 0.5) is 5.69 Å². The Hall–Kier alpha value is -2.86. The van der Waals surface area contributed by atoms with Gasteiger partial charge in [-0.2, -0.15) is 5.10 Å². The van der Waals surface area contributed by atoms with Crippen LogP contribution in [-0.4, -0.2) is 24.1 Å². The Labute approximate surface area is 162 Å². The molecule has 0 unspecified atom stereocenters. The molecule has 1 aliphatic rings. The standard InChI is InChI=1S/C20H20ClN3O3/c1-13(14-4-8-17(9-5-14)22-20(26)15-2-3-15)23-24-19(25)12-27-18-10-6-16(21)7-11-18/h4-11,15H,2-3,12H2,1H3,(H,22,26)(H,24,25)/b23-13-. The average Bonchev–Trinajstić information content (AvgIpc) is 3.51. The van der Waals surface area contributed by atoms with Gasteiger partial charge in [0.1, 0.15) is 5.75 Å². The van der Waals surface area contributed by atoms with Gasteiger partial charge in [-0.25, -0.2) is 5.43 Å². The summed E-state index contributed by atoms with van der Waals surface area (Å²) in [5, 5.41) is 7.56. The van der Waals surface area contributed by atoms with Crippen molar-refractivity contribution in [3.63, 3.8) is 0 Å². The first-order valence-electron chi connectivity index (χ1n) is 8.64. The van der Waals surface area contributed by atoms with E-state index in [0.29, 0.717) is 16.5 Å². The van der Waals surface area contributed by atoms with Crippen LogP contribution in [0.3, 0.4) is 0 Å². The molecule has 2 aromatic carbocycles. The SMILES string of the molecule is C/C(=N/NC(=O)COc1ccc(Cl)cc1)c1ccc(NC(=O)C2CC2)cc1. The molecule has 0 heterocycles. The number of rotatable bonds is 7. The third-order valence-corrected chi connectivity index (χ3v) is 4.30. The Kier molecular flexibility index (Phi) is 6.08. The minimum Gasteiger partial charge on any atom is -0.484 e. The Morgan fingerprint density at radius 1 is 1.11 bits per heavy atom. The highest BCUT2D eigenvalue weighted by Gasteiger charge is 2.29. The summed E-state index contributed by atoms with van der Waals surface area (Å²) in [5.74, 6) is 0.427. The highest BCUT2D eigenvalue weighted by Crippen LogP contribution is 2.30. The number of carbonyl (C=O) groups excluding carboxylic acids is 2. The van der Waals surface area contributed by atoms with Crippen LogP contribution in [0.1, 0.15) is 25.3 Å². The number of hydrogen-bond acceptors (Lipinski definition) is 4. The number of nitrogens with zero attached hydrogens (tertiary/aromatic N) is 1. The molecule has 27 heavy (non-hydrogen) atoms. The predicted molar refractivity (Wildman–Crippen MR) is 105 cm³/mol. The summed E-state index contributed by atoms with van der Waals surface area (Å²) in [6.45, 7) is 1.64. The van der Waals surface area contributed by atoms with Gasteiger partial charge in [0.2, 0.25) is 5.91 Å². The third-order valence-electron chi connectivity index (χ3n) is 4.05. The molecule has 0 bridgehead atoms. The van der Waals surface area contributed by atoms with E-state index in [0.717, 1.165) is 24.1 Å². The van der Waals surface area contributed by atoms with E-state index in [1.165, 1.54) is 0 Å². The van der Waals surface area contributed by atoms with Crippen LogP contribution < -0.4 is 15.5 Å². The van der Waals surface area contributed by atoms with Gasteiger partial charge in [-0.05, 0) is 61.7 Å². The molecule has 2 N–H and O–H groups in total. The Morgan fingerprint density at radius 2 is 1.78 bits per heavy atom. The Balaban J connectivity index is 1.48. The summed E-state index contributed by atoms with van der Waals surface area (Å²) < 4.78 is 5.36. The van der Waals surface area contributed by atoms with Crippen molar-refractivity contribution >= 4 is 34.8 Å². The summed E-state index contributed by atoms with van der Waals surface area (Å²) in [5.41, 5.74) is 4.71. The highest BCUT2D eigenvalue weighted by atomic mass is 35.5. The Bertz CT molecular complexity index is 844. The maximum atomic E-state index is 11.8. The fourth-order valence-corrected chi connectivity index (χ4v) is 2.43. The van der Waals surface area contributed by atoms with Gasteiger partial charge in [0.05, 0.1) is 5.71 Å². The first-order valence-corrected chi connectivity index (χ1v) is 9.02. The van der Waals surface area contributed by atoms with E-state index < -0.39 is 0 Å². The first kappa shape index (κ1) is 18.9. The van der Waals surface area contributed by atoms with Gasteiger partial charge in [-0.15, -0.1) is 0 Å². The fourth-order valence-electron chi connectivity index (χ4n) is 2.31. The van der Waals surface area contributed by atoms with E-state index in [9.17, 15) is 9.59 Å². The zero-order valence-electron chi connectivity index (χ0n) is 14.9. The van der Waals surface area contributed by atoms with E-state index >= 15 is 0 Å². The number of carbonyl (C=O) groups is 2. The van der Waals surface area contributed by atoms with Crippen LogP contribution in [0.2, 0.25) is 5.02 Å². The number of anilines is 1. The van der Waals surface area contributed by atoms with Crippen LogP contribution in [0.15, 0.2) is 53.6 Å². The molecule has 7 heteroatoms. The van der Waals surface area contributed by atoms with Crippen LogP contribution in [0, 0.1) is 5.92 Å². The van der Waals surface area contributed by atoms with E-state index in [2.05, 4.69) is 15.8 Å². The van der Waals surface area contributed by atoms with Crippen molar-refractivity contribution < 1.29 is 14.3 Å². The van der Waals surface area contributed by atoms with E-state index in [1.807, 2.05) is 24.3 Å². The monoisotopic (exact) mass is 385 g/mol. The maximum Gasteiger partial charge on any atom is 0.277 e. The third kappa shape index (κ3) is 5.82. The lowest BCUT2D eigenvalue weighted by atomic mass is 10.1. The Morgan fingerprint density at radius 3 is 2.41 bits per heavy atom. The van der Waals surface area contributed by atoms with Crippen molar-refractivity contribution in [2.45, 2.75) is 19.8 Å². The number of ether oxygens (including phenoxy) is 1. The van der Waals surface area contributed by atoms with Crippen LogP contribution in [0.5, 0.6) is 5.75 Å². The molecule has 0 saturated heterocycles. The van der Waals surface area contributed by atoms with Crippen molar-refractivity contribution in [2.75, 3.05) is 11.9 Å². The van der Waals surface area contributed by atoms with Crippen molar-refractivity contribution in [3.8, 4) is 5.75 Å². The van der Waals surface area contributed by atoms with Gasteiger partial charge >= 0.3 is 0 Å². The van der Waals surface area contributed by atoms with E-state index in [-0.39, 0.29) is 24.3 Å². The minimum atomic E-state index is -0.363. The van der Waals surface area contributed by atoms with Gasteiger partial charge < -0.3 is 10.1 Å². The second-order valence-electron chi connectivity index (χ2n) is 6.32. The van der Waals surface area contributed by atoms with Gasteiger partial charge in [0.25, 0.3) is 5.91 Å². The number of benzene rings is 2. The lowest BCUT2D eigenvalue weighted by Crippen LogP contribution is -2.25. The molecular weight excluding hydrogens is 366 g/mol. The van der Waals surface area contributed by atoms with Gasteiger partial charge in [-0.1, -0.05) is 23.7 Å². The van der Waals surface area contributed by atoms with Crippen LogP contribution >= 0.6 is 11.6 Å². The number of amides is 2. The molecule has 3 rings (SSSR count). The maximum absolute atomic E-state index is 11.8. The average molecular weight is 386 g/mol. The van der Waals surface area contributed by atoms with Gasteiger partial charge in [-0.3, -0.25) is 9.59 Å². The smallest absolute Gasteiger partial charge is 0.277 e. The molecule has 2 amide bonds. The molecule has 1 fully saturated rings. The zero-order chi connectivity index (χ0) is 19.2. The summed E-state index contributed by atoms with van der Waals surface area (Å²) in [6, 6.07) is 14.1. The number of hydrogen-bond donors (Lipinski definition) is 2. The van der Waals surface area contributed by atoms with E-state index in [1.54, 1.807) is 31.2 Å². The predicted octanol–water partition coefficient (Wildman–Crippen LogP) is 3.61. The van der Waals surface area contributed by atoms with Crippen molar-refractivity contribution in [1.29, 1.82) is 0 Å². The molecule has 1 saturated carbocycles. The number of nitrogens with one attached hydrogen (secondary N) is 2. The largest absolute Gasteiger partial charge is 0.484 e. The lowest BCUT2D eigenvalue weighted by molar-refractivity contribution is -0.123. The van der Waals surface area contributed by atoms with Crippen molar-refractivity contribution in [2.24, 2.45) is 11.0 Å². The quantitative estimate of drug-likeness (QED) is 0.564. The summed E-state index contributed by atoms with van der Waals surface area (Å²) in [4.78, 5) is 23.6. The first-order chi connectivity index (χ1) is 13.0. The molecule has 6 nitrogen and oxygen atoms in total. The summed E-state index contributed by atoms with van der Waals surface area (Å²) in [6.07, 6.45) is 1.94. The van der Waals surface area contributed by atoms with Crippen LogP contribution in [-0.2, 0) is 9.59 Å². The van der Waals surface area contributed by atoms with Gasteiger partial charge in [0.15, 0.2) is 6.61 Å². The molecule has 0 radical (unpaired) electrons. The molecule has 2 aromatic rings. The molecule has 140 valence electrons. The lowest BCUT2D eigenvalue weighted by Gasteiger charge is -2.07. The number of halogens is 1.